The van der Waals surface area contributed by atoms with Crippen molar-refractivity contribution in [1.29, 1.82) is 0 Å². The molecule has 0 bridgehead atoms. The van der Waals surface area contributed by atoms with E-state index in [0.717, 1.165) is 18.9 Å². The van der Waals surface area contributed by atoms with Crippen molar-refractivity contribution < 1.29 is 0 Å². The first-order chi connectivity index (χ1) is 3.60. The number of alkyl halides is 1. The smallest absolute Gasteiger partial charge is 0.0910 e. The molecule has 0 spiro atoms. The second-order valence-electron chi connectivity index (χ2n) is 2.89. The molecule has 1 rings (SSSR count). The average Bonchev–Trinajstić information content (AvgIpc) is 1.82. The summed E-state index contributed by atoms with van der Waals surface area (Å²) in [4.78, 5) is -0.112. The molecule has 0 amide bonds. The molecule has 1 aliphatic heterocycles. The van der Waals surface area contributed by atoms with Crippen LogP contribution in [0.1, 0.15) is 20.3 Å². The van der Waals surface area contributed by atoms with Crippen LogP contribution >= 0.6 is 11.6 Å². The summed E-state index contributed by atoms with van der Waals surface area (Å²) < 4.78 is 0. The molecule has 0 aromatic rings. The van der Waals surface area contributed by atoms with Gasteiger partial charge in [0.25, 0.3) is 0 Å². The zero-order valence-electron chi connectivity index (χ0n) is 5.37. The molecule has 1 N–H and O–H groups in total. The fourth-order valence-corrected chi connectivity index (χ4v) is 1.53. The molecule has 0 aromatic carbocycles. The van der Waals surface area contributed by atoms with Crippen LogP contribution in [0, 0.1) is 5.92 Å². The van der Waals surface area contributed by atoms with Crippen molar-refractivity contribution in [2.24, 2.45) is 5.92 Å². The average molecular weight is 134 g/mol. The molecule has 2 heteroatoms. The normalized spacial score (nSPS) is 47.6. The van der Waals surface area contributed by atoms with Gasteiger partial charge in [0.1, 0.15) is 0 Å². The lowest BCUT2D eigenvalue weighted by molar-refractivity contribution is 0.568. The molecule has 2 unspecified atom stereocenters. The number of halogens is 1. The van der Waals surface area contributed by atoms with Crippen molar-refractivity contribution in [3.63, 3.8) is 0 Å². The molecule has 1 nitrogen and oxygen atoms in total. The number of rotatable bonds is 0. The lowest BCUT2D eigenvalue weighted by Gasteiger charge is -2.12. The Kier molecular flexibility index (Phi) is 1.50. The van der Waals surface area contributed by atoms with E-state index in [9.17, 15) is 0 Å². The van der Waals surface area contributed by atoms with Crippen LogP contribution in [-0.4, -0.2) is 11.5 Å². The van der Waals surface area contributed by atoms with Crippen LogP contribution in [0.5, 0.6) is 0 Å². The highest BCUT2D eigenvalue weighted by molar-refractivity contribution is 6.23. The highest BCUT2D eigenvalue weighted by atomic mass is 35.5. The van der Waals surface area contributed by atoms with Crippen LogP contribution in [0.25, 0.3) is 0 Å². The molecule has 0 radical (unpaired) electrons. The van der Waals surface area contributed by atoms with Gasteiger partial charge in [-0.1, -0.05) is 6.92 Å². The molecule has 0 aromatic heterocycles. The minimum absolute atomic E-state index is 0.112. The van der Waals surface area contributed by atoms with E-state index >= 15 is 0 Å². The third kappa shape index (κ3) is 1.36. The monoisotopic (exact) mass is 133 g/mol. The van der Waals surface area contributed by atoms with Gasteiger partial charge in [0.15, 0.2) is 0 Å². The van der Waals surface area contributed by atoms with Crippen molar-refractivity contribution in [3.8, 4) is 0 Å². The molecule has 1 heterocycles. The van der Waals surface area contributed by atoms with Crippen molar-refractivity contribution >= 4 is 11.6 Å². The lowest BCUT2D eigenvalue weighted by Crippen LogP contribution is -2.28. The highest BCUT2D eigenvalue weighted by Crippen LogP contribution is 2.26. The van der Waals surface area contributed by atoms with Crippen LogP contribution in [-0.2, 0) is 0 Å². The summed E-state index contributed by atoms with van der Waals surface area (Å²) in [5, 5.41) is 3.21. The largest absolute Gasteiger partial charge is 0.299 e. The quantitative estimate of drug-likeness (QED) is 0.391. The molecular formula is C6H12ClN. The zero-order chi connectivity index (χ0) is 6.20. The third-order valence-corrected chi connectivity index (χ3v) is 1.84. The van der Waals surface area contributed by atoms with Crippen LogP contribution < -0.4 is 5.32 Å². The van der Waals surface area contributed by atoms with Crippen LogP contribution in [0.2, 0.25) is 0 Å². The molecule has 8 heavy (non-hydrogen) atoms. The number of hydrogen-bond donors (Lipinski definition) is 1. The Hall–Kier alpha value is 0.250. The molecule has 1 aliphatic rings. The minimum Gasteiger partial charge on any atom is -0.299 e. The van der Waals surface area contributed by atoms with Crippen LogP contribution in [0.15, 0.2) is 0 Å². The Morgan fingerprint density at radius 2 is 2.38 bits per heavy atom. The van der Waals surface area contributed by atoms with Gasteiger partial charge in [-0.3, -0.25) is 5.32 Å². The standard InChI is InChI=1S/C6H12ClN/c1-5-3-6(2,7)8-4-5/h5,8H,3-4H2,1-2H3. The predicted octanol–water partition coefficient (Wildman–Crippen LogP) is 1.57. The van der Waals surface area contributed by atoms with E-state index in [1.807, 2.05) is 6.92 Å². The van der Waals surface area contributed by atoms with Gasteiger partial charge in [0.2, 0.25) is 0 Å². The molecule has 48 valence electrons. The van der Waals surface area contributed by atoms with Gasteiger partial charge in [-0.25, -0.2) is 0 Å². The number of nitrogens with one attached hydrogen (secondary N) is 1. The van der Waals surface area contributed by atoms with Crippen molar-refractivity contribution in [3.05, 3.63) is 0 Å². The van der Waals surface area contributed by atoms with E-state index in [1.165, 1.54) is 0 Å². The van der Waals surface area contributed by atoms with Gasteiger partial charge < -0.3 is 0 Å². The van der Waals surface area contributed by atoms with E-state index in [4.69, 9.17) is 11.6 Å². The van der Waals surface area contributed by atoms with Gasteiger partial charge in [0, 0.05) is 0 Å². The molecule has 0 aliphatic carbocycles. The third-order valence-electron chi connectivity index (χ3n) is 1.55. The van der Waals surface area contributed by atoms with Crippen molar-refractivity contribution in [2.75, 3.05) is 6.54 Å². The van der Waals surface area contributed by atoms with Gasteiger partial charge in [-0.2, -0.15) is 0 Å². The molecule has 0 saturated carbocycles. The topological polar surface area (TPSA) is 12.0 Å². The van der Waals surface area contributed by atoms with E-state index in [-0.39, 0.29) is 5.00 Å². The van der Waals surface area contributed by atoms with Gasteiger partial charge in [-0.05, 0) is 25.8 Å². The first-order valence-corrected chi connectivity index (χ1v) is 3.42. The van der Waals surface area contributed by atoms with E-state index in [2.05, 4.69) is 12.2 Å². The van der Waals surface area contributed by atoms with E-state index in [1.54, 1.807) is 0 Å². The Labute approximate surface area is 55.4 Å². The summed E-state index contributed by atoms with van der Waals surface area (Å²) >= 11 is 5.95. The predicted molar refractivity (Wildman–Crippen MR) is 36.0 cm³/mol. The second-order valence-corrected chi connectivity index (χ2v) is 3.72. The SMILES string of the molecule is CC1CNC(C)(Cl)C1. The maximum absolute atomic E-state index is 5.95. The van der Waals surface area contributed by atoms with E-state index in [0.29, 0.717) is 0 Å². The minimum atomic E-state index is -0.112. The first-order valence-electron chi connectivity index (χ1n) is 3.04. The fraction of sp³-hybridized carbons (Fsp3) is 1.00. The summed E-state index contributed by atoms with van der Waals surface area (Å²) in [6.45, 7) is 5.30. The summed E-state index contributed by atoms with van der Waals surface area (Å²) in [5.74, 6) is 0.748. The first kappa shape index (κ1) is 6.37. The maximum atomic E-state index is 5.95. The highest BCUT2D eigenvalue weighted by Gasteiger charge is 2.29. The zero-order valence-corrected chi connectivity index (χ0v) is 6.13. The summed E-state index contributed by atoms with van der Waals surface area (Å²) in [7, 11) is 0. The van der Waals surface area contributed by atoms with Gasteiger partial charge in [-0.15, -0.1) is 11.6 Å². The summed E-state index contributed by atoms with van der Waals surface area (Å²) in [5.41, 5.74) is 0. The second kappa shape index (κ2) is 1.89. The van der Waals surface area contributed by atoms with Crippen LogP contribution in [0.4, 0.5) is 0 Å². The Balaban J connectivity index is 2.44. The van der Waals surface area contributed by atoms with Crippen molar-refractivity contribution in [2.45, 2.75) is 25.3 Å². The lowest BCUT2D eigenvalue weighted by atomic mass is 10.1. The summed E-state index contributed by atoms with van der Waals surface area (Å²) in [6.07, 6.45) is 1.09. The Morgan fingerprint density at radius 3 is 2.50 bits per heavy atom. The maximum Gasteiger partial charge on any atom is 0.0910 e. The summed E-state index contributed by atoms with van der Waals surface area (Å²) in [6, 6.07) is 0. The van der Waals surface area contributed by atoms with Gasteiger partial charge >= 0.3 is 0 Å². The van der Waals surface area contributed by atoms with Crippen molar-refractivity contribution in [1.82, 2.24) is 5.32 Å². The molecular weight excluding hydrogens is 122 g/mol. The Morgan fingerprint density at radius 1 is 1.75 bits per heavy atom. The molecule has 1 saturated heterocycles. The fourth-order valence-electron chi connectivity index (χ4n) is 1.19. The number of hydrogen-bond acceptors (Lipinski definition) is 1. The Bertz CT molecular complexity index is 90.5. The van der Waals surface area contributed by atoms with Crippen LogP contribution in [0.3, 0.4) is 0 Å². The van der Waals surface area contributed by atoms with E-state index < -0.39 is 0 Å². The van der Waals surface area contributed by atoms with Gasteiger partial charge in [0.05, 0.1) is 5.00 Å². The molecule has 2 atom stereocenters. The molecule has 1 fully saturated rings.